The van der Waals surface area contributed by atoms with Gasteiger partial charge in [0.2, 0.25) is 0 Å². The Labute approximate surface area is 181 Å². The number of carboxylic acid groups (broad SMARTS) is 1. The van der Waals surface area contributed by atoms with Crippen molar-refractivity contribution in [1.29, 1.82) is 0 Å². The molecule has 0 bridgehead atoms. The standard InChI is InChI=1S/C21H22F3N5O3/c22-21(23,24)20-26-25-17-7-8-18(27-29(17)20)28-11-9-15(10-12-28)14-3-5-16(6-4-14)32-13-1-2-19(30)31/h3-8,15H,1-2,9-13H2,(H,30,31). The molecule has 1 N–H and O–H groups in total. The van der Waals surface area contributed by atoms with Gasteiger partial charge in [-0.05, 0) is 55.0 Å². The van der Waals surface area contributed by atoms with Gasteiger partial charge in [0.1, 0.15) is 11.6 Å². The Morgan fingerprint density at radius 1 is 1.09 bits per heavy atom. The van der Waals surface area contributed by atoms with Crippen molar-refractivity contribution >= 4 is 17.4 Å². The molecular weight excluding hydrogens is 427 g/mol. The van der Waals surface area contributed by atoms with Crippen molar-refractivity contribution in [3.63, 3.8) is 0 Å². The number of rotatable bonds is 7. The van der Waals surface area contributed by atoms with Crippen LogP contribution in [0.3, 0.4) is 0 Å². The highest BCUT2D eigenvalue weighted by Crippen LogP contribution is 2.32. The summed E-state index contributed by atoms with van der Waals surface area (Å²) < 4.78 is 45.6. The third-order valence-electron chi connectivity index (χ3n) is 5.48. The van der Waals surface area contributed by atoms with Gasteiger partial charge in [0.25, 0.3) is 5.82 Å². The lowest BCUT2D eigenvalue weighted by atomic mass is 9.89. The number of ether oxygens (including phenoxy) is 1. The van der Waals surface area contributed by atoms with E-state index in [2.05, 4.69) is 15.3 Å². The fourth-order valence-electron chi connectivity index (χ4n) is 3.82. The molecule has 32 heavy (non-hydrogen) atoms. The molecule has 1 fully saturated rings. The zero-order valence-electron chi connectivity index (χ0n) is 17.1. The molecule has 2 aromatic heterocycles. The van der Waals surface area contributed by atoms with Crippen molar-refractivity contribution in [2.45, 2.75) is 37.8 Å². The van der Waals surface area contributed by atoms with Crippen molar-refractivity contribution in [1.82, 2.24) is 19.8 Å². The molecule has 0 saturated carbocycles. The molecular formula is C21H22F3N5O3. The number of nitrogens with zero attached hydrogens (tertiary/aromatic N) is 5. The molecule has 1 saturated heterocycles. The summed E-state index contributed by atoms with van der Waals surface area (Å²) in [5.74, 6) is -0.478. The Morgan fingerprint density at radius 2 is 1.81 bits per heavy atom. The number of hydrogen-bond acceptors (Lipinski definition) is 6. The lowest BCUT2D eigenvalue weighted by molar-refractivity contribution is -0.146. The average Bonchev–Trinajstić information content (AvgIpc) is 3.21. The van der Waals surface area contributed by atoms with Gasteiger partial charge in [0.05, 0.1) is 6.61 Å². The highest BCUT2D eigenvalue weighted by Gasteiger charge is 2.38. The van der Waals surface area contributed by atoms with Crippen LogP contribution in [0.5, 0.6) is 5.75 Å². The fourth-order valence-corrected chi connectivity index (χ4v) is 3.82. The Hall–Kier alpha value is -3.37. The van der Waals surface area contributed by atoms with Crippen molar-refractivity contribution < 1.29 is 27.8 Å². The Morgan fingerprint density at radius 3 is 2.47 bits per heavy atom. The van der Waals surface area contributed by atoms with Gasteiger partial charge in [0.15, 0.2) is 5.65 Å². The summed E-state index contributed by atoms with van der Waals surface area (Å²) in [5, 5.41) is 19.5. The maximum absolute atomic E-state index is 13.1. The largest absolute Gasteiger partial charge is 0.494 e. The van der Waals surface area contributed by atoms with E-state index in [0.29, 0.717) is 43.6 Å². The van der Waals surface area contributed by atoms with Gasteiger partial charge in [0, 0.05) is 19.5 Å². The average molecular weight is 449 g/mol. The highest BCUT2D eigenvalue weighted by atomic mass is 19.4. The summed E-state index contributed by atoms with van der Waals surface area (Å²) in [6, 6.07) is 10.9. The van der Waals surface area contributed by atoms with E-state index in [1.807, 2.05) is 29.2 Å². The first-order valence-electron chi connectivity index (χ1n) is 10.3. The highest BCUT2D eigenvalue weighted by molar-refractivity contribution is 5.66. The van der Waals surface area contributed by atoms with Crippen LogP contribution < -0.4 is 9.64 Å². The van der Waals surface area contributed by atoms with E-state index < -0.39 is 18.0 Å². The van der Waals surface area contributed by atoms with Crippen molar-refractivity contribution in [3.8, 4) is 5.75 Å². The summed E-state index contributed by atoms with van der Waals surface area (Å²) in [5.41, 5.74) is 1.23. The van der Waals surface area contributed by atoms with Crippen LogP contribution in [-0.4, -0.2) is 50.6 Å². The van der Waals surface area contributed by atoms with Crippen LogP contribution in [0.15, 0.2) is 36.4 Å². The fraction of sp³-hybridized carbons (Fsp3) is 0.429. The molecule has 0 amide bonds. The van der Waals surface area contributed by atoms with Gasteiger partial charge in [-0.2, -0.15) is 17.7 Å². The predicted molar refractivity (Wildman–Crippen MR) is 109 cm³/mol. The van der Waals surface area contributed by atoms with Gasteiger partial charge >= 0.3 is 12.1 Å². The summed E-state index contributed by atoms with van der Waals surface area (Å²) in [6.45, 7) is 1.68. The minimum absolute atomic E-state index is 0.0567. The second-order valence-corrected chi connectivity index (χ2v) is 7.66. The van der Waals surface area contributed by atoms with Crippen molar-refractivity contribution in [2.24, 2.45) is 0 Å². The maximum Gasteiger partial charge on any atom is 0.453 e. The minimum atomic E-state index is -4.62. The molecule has 0 unspecified atom stereocenters. The smallest absolute Gasteiger partial charge is 0.453 e. The van der Waals surface area contributed by atoms with E-state index in [1.54, 1.807) is 6.07 Å². The van der Waals surface area contributed by atoms with Gasteiger partial charge in [-0.3, -0.25) is 4.79 Å². The van der Waals surface area contributed by atoms with E-state index in [1.165, 1.54) is 11.6 Å². The molecule has 0 radical (unpaired) electrons. The third-order valence-corrected chi connectivity index (χ3v) is 5.48. The summed E-state index contributed by atoms with van der Waals surface area (Å²) in [7, 11) is 0. The number of anilines is 1. The summed E-state index contributed by atoms with van der Waals surface area (Å²) in [4.78, 5) is 12.5. The number of piperidine rings is 1. The second-order valence-electron chi connectivity index (χ2n) is 7.66. The molecule has 8 nitrogen and oxygen atoms in total. The normalized spacial score (nSPS) is 15.3. The van der Waals surface area contributed by atoms with E-state index in [-0.39, 0.29) is 12.1 Å². The van der Waals surface area contributed by atoms with E-state index in [4.69, 9.17) is 9.84 Å². The predicted octanol–water partition coefficient (Wildman–Crippen LogP) is 3.77. The van der Waals surface area contributed by atoms with Crippen LogP contribution in [0.1, 0.15) is 43.0 Å². The molecule has 1 aliphatic rings. The number of benzene rings is 1. The Balaban J connectivity index is 1.35. The number of carbonyl (C=O) groups is 1. The van der Waals surface area contributed by atoms with Crippen LogP contribution in [-0.2, 0) is 11.0 Å². The van der Waals surface area contributed by atoms with E-state index in [0.717, 1.165) is 17.4 Å². The van der Waals surface area contributed by atoms with Crippen LogP contribution in [0, 0.1) is 0 Å². The molecule has 1 aromatic carbocycles. The number of fused-ring (bicyclic) bond motifs is 1. The van der Waals surface area contributed by atoms with Gasteiger partial charge < -0.3 is 14.7 Å². The summed E-state index contributed by atoms with van der Waals surface area (Å²) in [6.07, 6.45) is -2.41. The molecule has 3 heterocycles. The van der Waals surface area contributed by atoms with Crippen LogP contribution >= 0.6 is 0 Å². The van der Waals surface area contributed by atoms with Gasteiger partial charge in [-0.15, -0.1) is 15.3 Å². The number of aromatic nitrogens is 4. The van der Waals surface area contributed by atoms with Crippen molar-refractivity contribution in [2.75, 3.05) is 24.6 Å². The number of alkyl halides is 3. The first kappa shape index (κ1) is 21.8. The lowest BCUT2D eigenvalue weighted by Gasteiger charge is -2.33. The zero-order valence-corrected chi connectivity index (χ0v) is 17.1. The minimum Gasteiger partial charge on any atom is -0.494 e. The maximum atomic E-state index is 13.1. The third kappa shape index (κ3) is 4.92. The second kappa shape index (κ2) is 9.01. The number of carboxylic acids is 1. The molecule has 0 atom stereocenters. The topological polar surface area (TPSA) is 92.9 Å². The zero-order chi connectivity index (χ0) is 22.7. The number of halogens is 3. The molecule has 0 spiro atoms. The molecule has 4 rings (SSSR count). The van der Waals surface area contributed by atoms with Gasteiger partial charge in [-0.25, -0.2) is 0 Å². The first-order chi connectivity index (χ1) is 15.3. The van der Waals surface area contributed by atoms with Gasteiger partial charge in [-0.1, -0.05) is 12.1 Å². The Kier molecular flexibility index (Phi) is 6.15. The molecule has 11 heteroatoms. The Bertz CT molecular complexity index is 1080. The molecule has 1 aliphatic heterocycles. The molecule has 170 valence electrons. The van der Waals surface area contributed by atoms with E-state index >= 15 is 0 Å². The van der Waals surface area contributed by atoms with Crippen LogP contribution in [0.4, 0.5) is 19.0 Å². The van der Waals surface area contributed by atoms with Crippen LogP contribution in [0.25, 0.3) is 5.65 Å². The quantitative estimate of drug-likeness (QED) is 0.549. The number of aliphatic carboxylic acids is 1. The number of hydrogen-bond donors (Lipinski definition) is 1. The SMILES string of the molecule is O=C(O)CCCOc1ccc(C2CCN(c3ccc4nnc(C(F)(F)F)n4n3)CC2)cc1. The lowest BCUT2D eigenvalue weighted by Crippen LogP contribution is -2.34. The first-order valence-corrected chi connectivity index (χ1v) is 10.3. The van der Waals surface area contributed by atoms with Crippen LogP contribution in [0.2, 0.25) is 0 Å². The monoisotopic (exact) mass is 449 g/mol. The van der Waals surface area contributed by atoms with E-state index in [9.17, 15) is 18.0 Å². The summed E-state index contributed by atoms with van der Waals surface area (Å²) >= 11 is 0. The molecule has 0 aliphatic carbocycles. The van der Waals surface area contributed by atoms with Crippen molar-refractivity contribution in [3.05, 3.63) is 47.8 Å². The molecule has 3 aromatic rings.